The van der Waals surface area contributed by atoms with Crippen LogP contribution in [-0.4, -0.2) is 29.9 Å². The van der Waals surface area contributed by atoms with Crippen molar-refractivity contribution in [3.8, 4) is 0 Å². The molecule has 0 radical (unpaired) electrons. The smallest absolute Gasteiger partial charge is 0.324 e. The largest absolute Gasteiger partial charge is 0.339 e. The maximum Gasteiger partial charge on any atom is 0.339 e. The van der Waals surface area contributed by atoms with E-state index in [9.17, 15) is 9.13 Å². The first-order chi connectivity index (χ1) is 4.83. The summed E-state index contributed by atoms with van der Waals surface area (Å²) in [5, 5.41) is 0. The lowest BCUT2D eigenvalue weighted by Crippen LogP contribution is -1.94. The van der Waals surface area contributed by atoms with Crippen molar-refractivity contribution in [3.63, 3.8) is 0 Å². The minimum atomic E-state index is -3.95. The van der Waals surface area contributed by atoms with Crippen LogP contribution >= 0.6 is 15.2 Å². The first kappa shape index (κ1) is 11.3. The summed E-state index contributed by atoms with van der Waals surface area (Å²) in [6, 6.07) is 0. The molecule has 0 rings (SSSR count). The van der Waals surface area contributed by atoms with Gasteiger partial charge in [0.1, 0.15) is 0 Å². The molecule has 0 saturated carbocycles. The van der Waals surface area contributed by atoms with Crippen LogP contribution in [0.25, 0.3) is 0 Å². The van der Waals surface area contributed by atoms with Gasteiger partial charge in [0, 0.05) is 14.2 Å². The Morgan fingerprint density at radius 1 is 1.09 bits per heavy atom. The van der Waals surface area contributed by atoms with Gasteiger partial charge in [-0.3, -0.25) is 9.13 Å². The first-order valence-electron chi connectivity index (χ1n) is 2.58. The molecule has 0 bridgehead atoms. The van der Waals surface area contributed by atoms with Crippen LogP contribution in [-0.2, 0) is 18.2 Å². The summed E-state index contributed by atoms with van der Waals surface area (Å²) in [6.45, 7) is 0. The molecule has 0 spiro atoms. The zero-order chi connectivity index (χ0) is 9.12. The third kappa shape index (κ3) is 4.69. The minimum Gasteiger partial charge on any atom is -0.324 e. The van der Waals surface area contributed by atoms with Crippen molar-refractivity contribution < 1.29 is 28.0 Å². The molecule has 0 saturated heterocycles. The van der Waals surface area contributed by atoms with Gasteiger partial charge in [0.15, 0.2) is 5.90 Å². The standard InChI is InChI=1S/C3H10O6P2/c1-8-10(4,5)3-11(6,7)9-2/h3H2,1-2H3,(H,4,5)(H,6,7). The lowest BCUT2D eigenvalue weighted by Gasteiger charge is -2.11. The predicted octanol–water partition coefficient (Wildman–Crippen LogP) is 0.607. The van der Waals surface area contributed by atoms with Gasteiger partial charge in [-0.1, -0.05) is 0 Å². The molecule has 0 amide bonds. The van der Waals surface area contributed by atoms with Crippen LogP contribution in [0.2, 0.25) is 0 Å². The third-order valence-electron chi connectivity index (χ3n) is 0.928. The van der Waals surface area contributed by atoms with E-state index < -0.39 is 21.1 Å². The van der Waals surface area contributed by atoms with Crippen LogP contribution < -0.4 is 0 Å². The summed E-state index contributed by atoms with van der Waals surface area (Å²) in [4.78, 5) is 17.4. The number of hydrogen-bond acceptors (Lipinski definition) is 4. The van der Waals surface area contributed by atoms with E-state index in [4.69, 9.17) is 9.79 Å². The van der Waals surface area contributed by atoms with Crippen LogP contribution in [0.15, 0.2) is 0 Å². The molecule has 11 heavy (non-hydrogen) atoms. The van der Waals surface area contributed by atoms with Gasteiger partial charge in [0.2, 0.25) is 0 Å². The van der Waals surface area contributed by atoms with E-state index in [-0.39, 0.29) is 0 Å². The van der Waals surface area contributed by atoms with Gasteiger partial charge < -0.3 is 18.8 Å². The average Bonchev–Trinajstić information content (AvgIpc) is 1.86. The Morgan fingerprint density at radius 3 is 1.55 bits per heavy atom. The predicted molar refractivity (Wildman–Crippen MR) is 38.5 cm³/mol. The van der Waals surface area contributed by atoms with Crippen LogP contribution in [0.4, 0.5) is 0 Å². The Labute approximate surface area is 64.2 Å². The molecule has 2 N–H and O–H groups in total. The second-order valence-electron chi connectivity index (χ2n) is 1.78. The fraction of sp³-hybridized carbons (Fsp3) is 1.00. The first-order valence-corrected chi connectivity index (χ1v) is 6.10. The fourth-order valence-corrected chi connectivity index (χ4v) is 3.07. The lowest BCUT2D eigenvalue weighted by molar-refractivity contribution is 0.300. The highest BCUT2D eigenvalue weighted by Crippen LogP contribution is 2.57. The Morgan fingerprint density at radius 2 is 1.36 bits per heavy atom. The van der Waals surface area contributed by atoms with E-state index in [0.717, 1.165) is 14.2 Å². The van der Waals surface area contributed by atoms with Gasteiger partial charge >= 0.3 is 15.2 Å². The molecule has 0 fully saturated rings. The van der Waals surface area contributed by atoms with E-state index in [1.807, 2.05) is 0 Å². The van der Waals surface area contributed by atoms with Gasteiger partial charge in [-0.25, -0.2) is 0 Å². The molecule has 0 aliphatic carbocycles. The molecule has 0 aromatic heterocycles. The summed E-state index contributed by atoms with van der Waals surface area (Å²) < 4.78 is 29.5. The van der Waals surface area contributed by atoms with E-state index in [2.05, 4.69) is 9.05 Å². The van der Waals surface area contributed by atoms with Crippen LogP contribution in [0.5, 0.6) is 0 Å². The molecule has 2 atom stereocenters. The molecule has 0 aliphatic heterocycles. The van der Waals surface area contributed by atoms with E-state index in [0.29, 0.717) is 0 Å². The summed E-state index contributed by atoms with van der Waals surface area (Å²) >= 11 is 0. The molecule has 0 aliphatic rings. The summed E-state index contributed by atoms with van der Waals surface area (Å²) in [6.07, 6.45) is 0. The van der Waals surface area contributed by atoms with E-state index >= 15 is 0 Å². The van der Waals surface area contributed by atoms with Gasteiger partial charge in [0.05, 0.1) is 0 Å². The van der Waals surface area contributed by atoms with Crippen molar-refractivity contribution in [3.05, 3.63) is 0 Å². The summed E-state index contributed by atoms with van der Waals surface area (Å²) in [5.41, 5.74) is 0. The SMILES string of the molecule is COP(=O)(O)CP(=O)(O)OC. The maximum absolute atomic E-state index is 10.7. The van der Waals surface area contributed by atoms with Crippen LogP contribution in [0.1, 0.15) is 0 Å². The van der Waals surface area contributed by atoms with E-state index in [1.165, 1.54) is 0 Å². The molecule has 68 valence electrons. The zero-order valence-corrected chi connectivity index (χ0v) is 7.92. The molecule has 0 heterocycles. The summed E-state index contributed by atoms with van der Waals surface area (Å²) in [7, 11) is -5.93. The van der Waals surface area contributed by atoms with Gasteiger partial charge in [0.25, 0.3) is 0 Å². The highest BCUT2D eigenvalue weighted by molar-refractivity contribution is 7.70. The van der Waals surface area contributed by atoms with Crippen molar-refractivity contribution in [1.82, 2.24) is 0 Å². The minimum absolute atomic E-state index is 0.882. The number of rotatable bonds is 4. The molecular formula is C3H10O6P2. The summed E-state index contributed by atoms with van der Waals surface area (Å²) in [5.74, 6) is -0.882. The highest BCUT2D eigenvalue weighted by Gasteiger charge is 2.31. The van der Waals surface area contributed by atoms with Gasteiger partial charge in [-0.15, -0.1) is 0 Å². The zero-order valence-electron chi connectivity index (χ0n) is 6.13. The Hall–Kier alpha value is 0.300. The third-order valence-corrected chi connectivity index (χ3v) is 4.93. The Balaban J connectivity index is 4.26. The lowest BCUT2D eigenvalue weighted by atomic mass is 11.8. The maximum atomic E-state index is 10.7. The van der Waals surface area contributed by atoms with Gasteiger partial charge in [-0.2, -0.15) is 0 Å². The fourth-order valence-electron chi connectivity index (χ4n) is 0.341. The van der Waals surface area contributed by atoms with Crippen molar-refractivity contribution in [1.29, 1.82) is 0 Å². The second-order valence-corrected chi connectivity index (χ2v) is 6.19. The van der Waals surface area contributed by atoms with Crippen molar-refractivity contribution in [2.45, 2.75) is 0 Å². The van der Waals surface area contributed by atoms with Gasteiger partial charge in [-0.05, 0) is 0 Å². The normalized spacial score (nSPS) is 22.2. The molecular weight excluding hydrogens is 194 g/mol. The second kappa shape index (κ2) is 3.81. The quantitative estimate of drug-likeness (QED) is 0.651. The average molecular weight is 204 g/mol. The molecule has 0 aromatic carbocycles. The Kier molecular flexibility index (Phi) is 3.91. The molecule has 6 nitrogen and oxygen atoms in total. The topological polar surface area (TPSA) is 93.1 Å². The van der Waals surface area contributed by atoms with Crippen LogP contribution in [0, 0.1) is 0 Å². The monoisotopic (exact) mass is 204 g/mol. The molecule has 8 heteroatoms. The van der Waals surface area contributed by atoms with Crippen molar-refractivity contribution >= 4 is 15.2 Å². The van der Waals surface area contributed by atoms with E-state index in [1.54, 1.807) is 0 Å². The molecule has 2 unspecified atom stereocenters. The van der Waals surface area contributed by atoms with Crippen LogP contribution in [0.3, 0.4) is 0 Å². The highest BCUT2D eigenvalue weighted by atomic mass is 31.2. The number of hydrogen-bond donors (Lipinski definition) is 2. The van der Waals surface area contributed by atoms with Crippen molar-refractivity contribution in [2.24, 2.45) is 0 Å². The Bertz CT molecular complexity index is 190. The van der Waals surface area contributed by atoms with Crippen molar-refractivity contribution in [2.75, 3.05) is 20.1 Å². The molecule has 0 aromatic rings.